The van der Waals surface area contributed by atoms with E-state index in [0.29, 0.717) is 17.2 Å². The van der Waals surface area contributed by atoms with E-state index in [1.54, 1.807) is 13.8 Å². The number of fused-ring (bicyclic) bond motifs is 1. The van der Waals surface area contributed by atoms with Gasteiger partial charge in [0.2, 0.25) is 0 Å². The molecule has 5 nitrogen and oxygen atoms in total. The molecule has 0 unspecified atom stereocenters. The first-order valence-electron chi connectivity index (χ1n) is 4.19. The molecule has 1 atom stereocenters. The van der Waals surface area contributed by atoms with Crippen molar-refractivity contribution >= 4 is 5.71 Å². The van der Waals surface area contributed by atoms with Gasteiger partial charge in [-0.25, -0.2) is 4.98 Å². The maximum absolute atomic E-state index is 11.4. The fourth-order valence-electron chi connectivity index (χ4n) is 1.45. The minimum atomic E-state index is -0.484. The van der Waals surface area contributed by atoms with Gasteiger partial charge in [0.15, 0.2) is 5.82 Å². The Morgan fingerprint density at radius 3 is 2.93 bits per heavy atom. The molecule has 0 aromatic carbocycles. The van der Waals surface area contributed by atoms with E-state index in [9.17, 15) is 4.79 Å². The van der Waals surface area contributed by atoms with Gasteiger partial charge in [0.05, 0.1) is 11.8 Å². The van der Waals surface area contributed by atoms with Gasteiger partial charge in [0.25, 0.3) is 5.56 Å². The molecular weight excluding hydrogens is 180 g/mol. The van der Waals surface area contributed by atoms with Crippen LogP contribution in [0.15, 0.2) is 16.0 Å². The molecule has 1 aliphatic rings. The quantitative estimate of drug-likeness (QED) is 0.591. The zero-order valence-electron chi connectivity index (χ0n) is 7.85. The zero-order chi connectivity index (χ0) is 10.3. The van der Waals surface area contributed by atoms with Gasteiger partial charge < -0.3 is 0 Å². The highest BCUT2D eigenvalue weighted by Gasteiger charge is 2.26. The molecule has 0 fully saturated rings. The Morgan fingerprint density at radius 2 is 2.29 bits per heavy atom. The molecular formula is C9H8N4O. The van der Waals surface area contributed by atoms with E-state index in [1.165, 1.54) is 10.7 Å². The second-order valence-electron chi connectivity index (χ2n) is 3.21. The van der Waals surface area contributed by atoms with Crippen LogP contribution in [0.1, 0.15) is 24.4 Å². The molecule has 1 aromatic heterocycles. The van der Waals surface area contributed by atoms with Crippen LogP contribution in [0.25, 0.3) is 0 Å². The first-order valence-corrected chi connectivity index (χ1v) is 4.19. The Kier molecular flexibility index (Phi) is 1.71. The highest BCUT2D eigenvalue weighted by molar-refractivity contribution is 5.92. The Morgan fingerprint density at radius 1 is 1.57 bits per heavy atom. The molecule has 1 aliphatic heterocycles. The standard InChI is InChI=1S/C9H8N4O/c1-5-3-8(14)13-9(11-5)7(4-10)6(2)12-13/h3,7H,1-2H3/t7-/m1/s1. The molecule has 0 amide bonds. The lowest BCUT2D eigenvalue weighted by atomic mass is 10.1. The number of nitriles is 1. The number of rotatable bonds is 0. The van der Waals surface area contributed by atoms with Crippen LogP contribution in [0.5, 0.6) is 0 Å². The van der Waals surface area contributed by atoms with Crippen LogP contribution in [-0.2, 0) is 0 Å². The van der Waals surface area contributed by atoms with Crippen LogP contribution in [0.2, 0.25) is 0 Å². The maximum Gasteiger partial charge on any atom is 0.274 e. The van der Waals surface area contributed by atoms with Gasteiger partial charge in [-0.3, -0.25) is 4.79 Å². The normalized spacial score (nSPS) is 18.6. The summed E-state index contributed by atoms with van der Waals surface area (Å²) in [6, 6.07) is 3.47. The van der Waals surface area contributed by atoms with Crippen LogP contribution >= 0.6 is 0 Å². The molecule has 0 spiro atoms. The monoisotopic (exact) mass is 188 g/mol. The lowest BCUT2D eigenvalue weighted by Gasteiger charge is -2.01. The SMILES string of the molecule is CC1=Nn2c(nc(C)cc2=O)[C@@H]1C#N. The van der Waals surface area contributed by atoms with E-state index in [-0.39, 0.29) is 5.56 Å². The predicted molar refractivity (Wildman–Crippen MR) is 50.1 cm³/mol. The fourth-order valence-corrected chi connectivity index (χ4v) is 1.45. The molecule has 14 heavy (non-hydrogen) atoms. The first kappa shape index (κ1) is 8.63. The highest BCUT2D eigenvalue weighted by Crippen LogP contribution is 2.19. The molecule has 0 radical (unpaired) electrons. The van der Waals surface area contributed by atoms with E-state index in [1.807, 2.05) is 0 Å². The summed E-state index contributed by atoms with van der Waals surface area (Å²) in [4.78, 5) is 15.6. The van der Waals surface area contributed by atoms with Crippen LogP contribution in [-0.4, -0.2) is 15.4 Å². The van der Waals surface area contributed by atoms with Crippen molar-refractivity contribution in [2.75, 3.05) is 0 Å². The van der Waals surface area contributed by atoms with Crippen LogP contribution in [0.4, 0.5) is 0 Å². The molecule has 2 heterocycles. The van der Waals surface area contributed by atoms with E-state index < -0.39 is 5.92 Å². The summed E-state index contributed by atoms with van der Waals surface area (Å²) < 4.78 is 1.19. The molecule has 0 saturated heterocycles. The molecule has 1 aromatic rings. The average Bonchev–Trinajstić information content (AvgIpc) is 2.41. The number of hydrogen-bond donors (Lipinski definition) is 0. The van der Waals surface area contributed by atoms with Gasteiger partial charge >= 0.3 is 0 Å². The summed E-state index contributed by atoms with van der Waals surface area (Å²) in [5.74, 6) is -0.0578. The minimum Gasteiger partial charge on any atom is -0.267 e. The lowest BCUT2D eigenvalue weighted by Crippen LogP contribution is -2.19. The predicted octanol–water partition coefficient (Wildman–Crippen LogP) is 0.396. The van der Waals surface area contributed by atoms with Crippen molar-refractivity contribution in [2.45, 2.75) is 19.8 Å². The van der Waals surface area contributed by atoms with Gasteiger partial charge in [-0.1, -0.05) is 0 Å². The van der Waals surface area contributed by atoms with E-state index in [0.717, 1.165) is 0 Å². The minimum absolute atomic E-state index is 0.232. The average molecular weight is 188 g/mol. The summed E-state index contributed by atoms with van der Waals surface area (Å²) >= 11 is 0. The number of hydrogen-bond acceptors (Lipinski definition) is 4. The van der Waals surface area contributed by atoms with Crippen molar-refractivity contribution in [3.05, 3.63) is 27.9 Å². The van der Waals surface area contributed by atoms with E-state index in [2.05, 4.69) is 16.2 Å². The fraction of sp³-hybridized carbons (Fsp3) is 0.333. The van der Waals surface area contributed by atoms with E-state index >= 15 is 0 Å². The third-order valence-corrected chi connectivity index (χ3v) is 2.11. The van der Waals surface area contributed by atoms with Crippen molar-refractivity contribution < 1.29 is 0 Å². The molecule has 0 saturated carbocycles. The van der Waals surface area contributed by atoms with Crippen molar-refractivity contribution in [3.8, 4) is 6.07 Å². The first-order chi connectivity index (χ1) is 6.63. The van der Waals surface area contributed by atoms with Gasteiger partial charge in [-0.2, -0.15) is 15.0 Å². The van der Waals surface area contributed by atoms with Crippen LogP contribution in [0, 0.1) is 18.3 Å². The molecule has 0 aliphatic carbocycles. The van der Waals surface area contributed by atoms with Crippen molar-refractivity contribution in [1.29, 1.82) is 5.26 Å². The Labute approximate surface area is 80.3 Å². The molecule has 2 rings (SSSR count). The molecule has 0 bridgehead atoms. The summed E-state index contributed by atoms with van der Waals surface area (Å²) in [6.45, 7) is 3.45. The Hall–Kier alpha value is -1.96. The smallest absolute Gasteiger partial charge is 0.267 e. The highest BCUT2D eigenvalue weighted by atomic mass is 16.1. The largest absolute Gasteiger partial charge is 0.274 e. The number of aryl methyl sites for hydroxylation is 1. The topological polar surface area (TPSA) is 71.0 Å². The Bertz CT molecular complexity index is 521. The van der Waals surface area contributed by atoms with Crippen molar-refractivity contribution in [1.82, 2.24) is 9.66 Å². The lowest BCUT2D eigenvalue weighted by molar-refractivity contribution is 0.754. The van der Waals surface area contributed by atoms with Crippen LogP contribution < -0.4 is 5.56 Å². The summed E-state index contributed by atoms with van der Waals surface area (Å²) in [7, 11) is 0. The summed E-state index contributed by atoms with van der Waals surface area (Å²) in [5, 5.41) is 12.9. The third kappa shape index (κ3) is 1.04. The van der Waals surface area contributed by atoms with Gasteiger partial charge in [-0.05, 0) is 13.8 Å². The molecule has 0 N–H and O–H groups in total. The Balaban J connectivity index is 2.74. The van der Waals surface area contributed by atoms with Gasteiger partial charge in [0.1, 0.15) is 5.92 Å². The van der Waals surface area contributed by atoms with Crippen LogP contribution in [0.3, 0.4) is 0 Å². The maximum atomic E-state index is 11.4. The number of nitrogens with zero attached hydrogens (tertiary/aromatic N) is 4. The third-order valence-electron chi connectivity index (χ3n) is 2.11. The second kappa shape index (κ2) is 2.77. The summed E-state index contributed by atoms with van der Waals surface area (Å²) in [5.41, 5.74) is 0.999. The van der Waals surface area contributed by atoms with Gasteiger partial charge in [-0.15, -0.1) is 0 Å². The summed E-state index contributed by atoms with van der Waals surface area (Å²) in [6.07, 6.45) is 0. The molecule has 5 heteroatoms. The van der Waals surface area contributed by atoms with Crippen molar-refractivity contribution in [2.24, 2.45) is 5.10 Å². The van der Waals surface area contributed by atoms with Gasteiger partial charge in [0, 0.05) is 11.8 Å². The van der Waals surface area contributed by atoms with E-state index in [4.69, 9.17) is 5.26 Å². The zero-order valence-corrected chi connectivity index (χ0v) is 7.85. The number of aromatic nitrogens is 2. The molecule has 70 valence electrons. The second-order valence-corrected chi connectivity index (χ2v) is 3.21. The van der Waals surface area contributed by atoms with Crippen molar-refractivity contribution in [3.63, 3.8) is 0 Å².